The Kier molecular flexibility index (Phi) is 7.75. The maximum atomic E-state index is 11.8. The van der Waals surface area contributed by atoms with Gasteiger partial charge in [0.2, 0.25) is 5.91 Å². The van der Waals surface area contributed by atoms with E-state index in [9.17, 15) is 4.79 Å². The van der Waals surface area contributed by atoms with Crippen LogP contribution in [-0.2, 0) is 4.79 Å². The third-order valence-electron chi connectivity index (χ3n) is 3.11. The van der Waals surface area contributed by atoms with E-state index in [0.717, 1.165) is 42.3 Å². The molecule has 1 aromatic rings. The first kappa shape index (κ1) is 16.2. The molecular weight excluding hydrogens is 304 g/mol. The van der Waals surface area contributed by atoms with Gasteiger partial charge < -0.3 is 11.1 Å². The second-order valence-corrected chi connectivity index (χ2v) is 5.62. The van der Waals surface area contributed by atoms with Crippen LogP contribution in [0, 0.1) is 0 Å². The normalized spacial score (nSPS) is 12.2. The highest BCUT2D eigenvalue weighted by Gasteiger charge is 2.11. The van der Waals surface area contributed by atoms with E-state index in [1.54, 1.807) is 0 Å². The minimum Gasteiger partial charge on any atom is -0.350 e. The maximum Gasteiger partial charge on any atom is 0.220 e. The number of amides is 1. The van der Waals surface area contributed by atoms with Gasteiger partial charge in [0.1, 0.15) is 0 Å². The fraction of sp³-hybridized carbons (Fsp3) is 0.533. The van der Waals surface area contributed by atoms with Gasteiger partial charge in [-0.2, -0.15) is 0 Å². The van der Waals surface area contributed by atoms with Crippen molar-refractivity contribution < 1.29 is 4.79 Å². The molecule has 0 heterocycles. The summed E-state index contributed by atoms with van der Waals surface area (Å²) in [5.41, 5.74) is 6.54. The molecule has 19 heavy (non-hydrogen) atoms. The van der Waals surface area contributed by atoms with E-state index in [1.165, 1.54) is 0 Å². The van der Waals surface area contributed by atoms with Crippen LogP contribution in [0.4, 0.5) is 0 Å². The molecule has 0 saturated heterocycles. The Morgan fingerprint density at radius 2 is 1.95 bits per heavy atom. The fourth-order valence-electron chi connectivity index (χ4n) is 2.00. The smallest absolute Gasteiger partial charge is 0.220 e. The standard InChI is InChI=1S/C15H23BrN2O/c1-12(13-8-5-6-9-14(13)16)18-15(19)10-4-2-3-7-11-17/h5-6,8-9,12H,2-4,7,10-11,17H2,1H3,(H,18,19)/t12-/m1/s1. The zero-order valence-corrected chi connectivity index (χ0v) is 13.1. The summed E-state index contributed by atoms with van der Waals surface area (Å²) in [5.74, 6) is 0.121. The van der Waals surface area contributed by atoms with Crippen molar-refractivity contribution >= 4 is 21.8 Å². The summed E-state index contributed by atoms with van der Waals surface area (Å²) < 4.78 is 1.03. The predicted octanol–water partition coefficient (Wildman–Crippen LogP) is 3.54. The number of carbonyl (C=O) groups excluding carboxylic acids is 1. The van der Waals surface area contributed by atoms with Gasteiger partial charge in [0.15, 0.2) is 0 Å². The summed E-state index contributed by atoms with van der Waals surface area (Å²) in [6.07, 6.45) is 4.78. The molecule has 0 saturated carbocycles. The molecule has 1 amide bonds. The Balaban J connectivity index is 2.30. The quantitative estimate of drug-likeness (QED) is 0.718. The third kappa shape index (κ3) is 6.21. The monoisotopic (exact) mass is 326 g/mol. The summed E-state index contributed by atoms with van der Waals surface area (Å²) in [4.78, 5) is 11.8. The molecule has 0 unspecified atom stereocenters. The zero-order valence-electron chi connectivity index (χ0n) is 11.5. The van der Waals surface area contributed by atoms with E-state index >= 15 is 0 Å². The highest BCUT2D eigenvalue weighted by atomic mass is 79.9. The lowest BCUT2D eigenvalue weighted by atomic mass is 10.1. The van der Waals surface area contributed by atoms with Crippen LogP contribution < -0.4 is 11.1 Å². The van der Waals surface area contributed by atoms with Gasteiger partial charge in [-0.05, 0) is 37.9 Å². The molecule has 3 nitrogen and oxygen atoms in total. The number of nitrogens with two attached hydrogens (primary N) is 1. The second kappa shape index (κ2) is 9.10. The maximum absolute atomic E-state index is 11.8. The van der Waals surface area contributed by atoms with Crippen molar-refractivity contribution in [1.82, 2.24) is 5.32 Å². The molecule has 0 fully saturated rings. The zero-order chi connectivity index (χ0) is 14.1. The van der Waals surface area contributed by atoms with E-state index < -0.39 is 0 Å². The Bertz CT molecular complexity index is 395. The Labute approximate surface area is 124 Å². The lowest BCUT2D eigenvalue weighted by Crippen LogP contribution is -2.26. The van der Waals surface area contributed by atoms with Crippen molar-refractivity contribution in [2.45, 2.75) is 45.1 Å². The number of nitrogens with one attached hydrogen (secondary N) is 1. The molecule has 0 aliphatic carbocycles. The molecule has 0 aliphatic heterocycles. The van der Waals surface area contributed by atoms with E-state index in [2.05, 4.69) is 21.2 Å². The van der Waals surface area contributed by atoms with E-state index in [4.69, 9.17) is 5.73 Å². The SMILES string of the molecule is C[C@@H](NC(=O)CCCCCCN)c1ccccc1Br. The van der Waals surface area contributed by atoms with Crippen molar-refractivity contribution in [1.29, 1.82) is 0 Å². The number of unbranched alkanes of at least 4 members (excludes halogenated alkanes) is 3. The van der Waals surface area contributed by atoms with Crippen molar-refractivity contribution in [3.63, 3.8) is 0 Å². The molecule has 4 heteroatoms. The summed E-state index contributed by atoms with van der Waals surface area (Å²) >= 11 is 3.50. The van der Waals surface area contributed by atoms with Gasteiger partial charge >= 0.3 is 0 Å². The number of hydrogen-bond acceptors (Lipinski definition) is 2. The van der Waals surface area contributed by atoms with Crippen molar-refractivity contribution in [3.05, 3.63) is 34.3 Å². The summed E-state index contributed by atoms with van der Waals surface area (Å²) in [6.45, 7) is 2.75. The van der Waals surface area contributed by atoms with Crippen molar-refractivity contribution in [3.8, 4) is 0 Å². The Morgan fingerprint density at radius 1 is 1.26 bits per heavy atom. The van der Waals surface area contributed by atoms with Crippen LogP contribution >= 0.6 is 15.9 Å². The predicted molar refractivity (Wildman–Crippen MR) is 82.8 cm³/mol. The second-order valence-electron chi connectivity index (χ2n) is 4.76. The summed E-state index contributed by atoms with van der Waals surface area (Å²) in [6, 6.07) is 8.00. The first-order valence-electron chi connectivity index (χ1n) is 6.89. The van der Waals surface area contributed by atoms with Crippen molar-refractivity contribution in [2.75, 3.05) is 6.54 Å². The molecular formula is C15H23BrN2O. The van der Waals surface area contributed by atoms with Gasteiger partial charge in [0.25, 0.3) is 0 Å². The van der Waals surface area contributed by atoms with Gasteiger partial charge in [-0.15, -0.1) is 0 Å². The van der Waals surface area contributed by atoms with Crippen LogP contribution in [0.5, 0.6) is 0 Å². The minimum atomic E-state index is 0.0344. The molecule has 0 bridgehead atoms. The highest BCUT2D eigenvalue weighted by Crippen LogP contribution is 2.22. The molecule has 1 rings (SSSR count). The number of hydrogen-bond donors (Lipinski definition) is 2. The van der Waals surface area contributed by atoms with Crippen molar-refractivity contribution in [2.24, 2.45) is 5.73 Å². The van der Waals surface area contributed by atoms with Gasteiger partial charge in [-0.1, -0.05) is 47.0 Å². The van der Waals surface area contributed by atoms with Crippen LogP contribution in [0.3, 0.4) is 0 Å². The first-order valence-corrected chi connectivity index (χ1v) is 7.68. The topological polar surface area (TPSA) is 55.1 Å². The molecule has 3 N–H and O–H groups in total. The molecule has 106 valence electrons. The molecule has 0 radical (unpaired) electrons. The van der Waals surface area contributed by atoms with Gasteiger partial charge in [0, 0.05) is 10.9 Å². The molecule has 0 spiro atoms. The van der Waals surface area contributed by atoms with Crippen LogP contribution in [-0.4, -0.2) is 12.5 Å². The average molecular weight is 327 g/mol. The van der Waals surface area contributed by atoms with Crippen LogP contribution in [0.25, 0.3) is 0 Å². The molecule has 1 aromatic carbocycles. The van der Waals surface area contributed by atoms with Gasteiger partial charge in [-0.3, -0.25) is 4.79 Å². The van der Waals surface area contributed by atoms with Gasteiger partial charge in [0.05, 0.1) is 6.04 Å². The molecule has 0 aromatic heterocycles. The summed E-state index contributed by atoms with van der Waals surface area (Å²) in [5, 5.41) is 3.03. The van der Waals surface area contributed by atoms with E-state index in [-0.39, 0.29) is 11.9 Å². The largest absolute Gasteiger partial charge is 0.350 e. The lowest BCUT2D eigenvalue weighted by Gasteiger charge is -2.15. The number of rotatable bonds is 8. The minimum absolute atomic E-state index is 0.0344. The molecule has 1 atom stereocenters. The fourth-order valence-corrected chi connectivity index (χ4v) is 2.63. The van der Waals surface area contributed by atoms with E-state index in [1.807, 2.05) is 31.2 Å². The lowest BCUT2D eigenvalue weighted by molar-refractivity contribution is -0.121. The Hall–Kier alpha value is -0.870. The first-order chi connectivity index (χ1) is 9.15. The summed E-state index contributed by atoms with van der Waals surface area (Å²) in [7, 11) is 0. The average Bonchev–Trinajstić information content (AvgIpc) is 2.39. The number of carbonyl (C=O) groups is 1. The van der Waals surface area contributed by atoms with Gasteiger partial charge in [-0.25, -0.2) is 0 Å². The van der Waals surface area contributed by atoms with E-state index in [0.29, 0.717) is 6.42 Å². The molecule has 0 aliphatic rings. The van der Waals surface area contributed by atoms with Crippen LogP contribution in [0.15, 0.2) is 28.7 Å². The number of benzene rings is 1. The Morgan fingerprint density at radius 3 is 2.63 bits per heavy atom. The highest BCUT2D eigenvalue weighted by molar-refractivity contribution is 9.10. The van der Waals surface area contributed by atoms with Crippen LogP contribution in [0.2, 0.25) is 0 Å². The third-order valence-corrected chi connectivity index (χ3v) is 3.83. The van der Waals surface area contributed by atoms with Crippen LogP contribution in [0.1, 0.15) is 50.6 Å². The number of halogens is 1.